The van der Waals surface area contributed by atoms with Gasteiger partial charge < -0.3 is 5.11 Å². The van der Waals surface area contributed by atoms with Gasteiger partial charge in [-0.05, 0) is 54.4 Å². The standard InChI is InChI=1S/C20H22O2/c1-2-16-10-11-18(20(12-13-20)19(21)22)14-17(16)9-8-15-6-4-3-5-7-15/h3-7,10-11,14H,2,8-9,12-13H2,1H3,(H,21,22). The first kappa shape index (κ1) is 14.8. The molecule has 1 fully saturated rings. The number of hydrogen-bond acceptors (Lipinski definition) is 1. The molecule has 0 bridgehead atoms. The number of aryl methyl sites for hydroxylation is 3. The molecule has 2 aromatic carbocycles. The molecule has 0 aromatic heterocycles. The van der Waals surface area contributed by atoms with E-state index in [1.807, 2.05) is 12.1 Å². The van der Waals surface area contributed by atoms with Gasteiger partial charge in [-0.15, -0.1) is 0 Å². The second-order valence-electron chi connectivity index (χ2n) is 6.21. The molecule has 1 N–H and O–H groups in total. The normalized spacial score (nSPS) is 15.5. The molecule has 114 valence electrons. The van der Waals surface area contributed by atoms with E-state index in [1.165, 1.54) is 16.7 Å². The number of carboxylic acid groups (broad SMARTS) is 1. The van der Waals surface area contributed by atoms with E-state index in [1.54, 1.807) is 0 Å². The molecular formula is C20H22O2. The first-order valence-electron chi connectivity index (χ1n) is 8.05. The molecular weight excluding hydrogens is 272 g/mol. The van der Waals surface area contributed by atoms with Crippen LogP contribution in [0.5, 0.6) is 0 Å². The monoisotopic (exact) mass is 294 g/mol. The Morgan fingerprint density at radius 1 is 1.05 bits per heavy atom. The van der Waals surface area contributed by atoms with Crippen molar-refractivity contribution >= 4 is 5.97 Å². The zero-order valence-corrected chi connectivity index (χ0v) is 13.0. The minimum atomic E-state index is -0.675. The highest BCUT2D eigenvalue weighted by atomic mass is 16.4. The van der Waals surface area contributed by atoms with Crippen LogP contribution in [0.25, 0.3) is 0 Å². The molecule has 0 aliphatic heterocycles. The molecule has 1 aliphatic carbocycles. The third kappa shape index (κ3) is 2.78. The predicted octanol–water partition coefficient (Wildman–Crippen LogP) is 4.15. The van der Waals surface area contributed by atoms with Gasteiger partial charge in [0.1, 0.15) is 0 Å². The molecule has 0 unspecified atom stereocenters. The van der Waals surface area contributed by atoms with Crippen LogP contribution in [-0.4, -0.2) is 11.1 Å². The lowest BCUT2D eigenvalue weighted by Crippen LogP contribution is -2.19. The average molecular weight is 294 g/mol. The maximum Gasteiger partial charge on any atom is 0.314 e. The summed E-state index contributed by atoms with van der Waals surface area (Å²) in [5, 5.41) is 9.48. The molecule has 0 atom stereocenters. The molecule has 0 amide bonds. The zero-order valence-electron chi connectivity index (χ0n) is 13.0. The number of aliphatic carboxylic acids is 1. The predicted molar refractivity (Wildman–Crippen MR) is 88.2 cm³/mol. The number of benzene rings is 2. The minimum Gasteiger partial charge on any atom is -0.481 e. The van der Waals surface area contributed by atoms with E-state index in [-0.39, 0.29) is 0 Å². The number of rotatable bonds is 6. The summed E-state index contributed by atoms with van der Waals surface area (Å²) in [5.74, 6) is -0.675. The van der Waals surface area contributed by atoms with Gasteiger partial charge in [0, 0.05) is 0 Å². The summed E-state index contributed by atoms with van der Waals surface area (Å²) in [4.78, 5) is 11.5. The van der Waals surface area contributed by atoms with Crippen LogP contribution in [0, 0.1) is 0 Å². The van der Waals surface area contributed by atoms with Crippen molar-refractivity contribution in [3.8, 4) is 0 Å². The summed E-state index contributed by atoms with van der Waals surface area (Å²) in [6, 6.07) is 16.7. The molecule has 2 nitrogen and oxygen atoms in total. The van der Waals surface area contributed by atoms with Crippen LogP contribution in [0.2, 0.25) is 0 Å². The van der Waals surface area contributed by atoms with Crippen LogP contribution < -0.4 is 0 Å². The van der Waals surface area contributed by atoms with Gasteiger partial charge in [0.05, 0.1) is 5.41 Å². The van der Waals surface area contributed by atoms with Gasteiger partial charge >= 0.3 is 5.97 Å². The van der Waals surface area contributed by atoms with Gasteiger partial charge in [0.15, 0.2) is 0 Å². The Hall–Kier alpha value is -2.09. The average Bonchev–Trinajstić information content (AvgIpc) is 3.35. The van der Waals surface area contributed by atoms with Crippen LogP contribution in [0.1, 0.15) is 42.0 Å². The van der Waals surface area contributed by atoms with E-state index in [2.05, 4.69) is 43.3 Å². The second kappa shape index (κ2) is 5.96. The number of carboxylic acids is 1. The first-order chi connectivity index (χ1) is 10.7. The lowest BCUT2D eigenvalue weighted by atomic mass is 9.90. The van der Waals surface area contributed by atoms with Crippen LogP contribution >= 0.6 is 0 Å². The molecule has 1 aliphatic rings. The van der Waals surface area contributed by atoms with Crippen molar-refractivity contribution in [1.29, 1.82) is 0 Å². The molecule has 3 rings (SSSR count). The Morgan fingerprint density at radius 2 is 1.77 bits per heavy atom. The smallest absolute Gasteiger partial charge is 0.314 e. The Labute approximate surface area is 131 Å². The van der Waals surface area contributed by atoms with Gasteiger partial charge in [0.25, 0.3) is 0 Å². The Balaban J connectivity index is 1.84. The van der Waals surface area contributed by atoms with Crippen molar-refractivity contribution < 1.29 is 9.90 Å². The molecule has 2 aromatic rings. The lowest BCUT2D eigenvalue weighted by molar-refractivity contribution is -0.140. The summed E-state index contributed by atoms with van der Waals surface area (Å²) in [6.45, 7) is 2.16. The van der Waals surface area contributed by atoms with Gasteiger partial charge in [-0.2, -0.15) is 0 Å². The number of carbonyl (C=O) groups is 1. The maximum absolute atomic E-state index is 11.5. The Kier molecular flexibility index (Phi) is 4.02. The first-order valence-corrected chi connectivity index (χ1v) is 8.05. The lowest BCUT2D eigenvalue weighted by Gasteiger charge is -2.15. The van der Waals surface area contributed by atoms with E-state index >= 15 is 0 Å². The van der Waals surface area contributed by atoms with Crippen molar-refractivity contribution in [3.05, 3.63) is 70.8 Å². The third-order valence-corrected chi connectivity index (χ3v) is 4.82. The highest BCUT2D eigenvalue weighted by molar-refractivity contribution is 5.85. The van der Waals surface area contributed by atoms with Crippen molar-refractivity contribution in [3.63, 3.8) is 0 Å². The summed E-state index contributed by atoms with van der Waals surface area (Å²) in [7, 11) is 0. The Bertz CT molecular complexity index is 669. The molecule has 22 heavy (non-hydrogen) atoms. The second-order valence-corrected chi connectivity index (χ2v) is 6.21. The highest BCUT2D eigenvalue weighted by Gasteiger charge is 2.51. The molecule has 1 saturated carbocycles. The Morgan fingerprint density at radius 3 is 2.36 bits per heavy atom. The van der Waals surface area contributed by atoms with Crippen molar-refractivity contribution in [2.45, 2.75) is 44.4 Å². The SMILES string of the molecule is CCc1ccc(C2(C(=O)O)CC2)cc1CCc1ccccc1. The highest BCUT2D eigenvalue weighted by Crippen LogP contribution is 2.48. The quantitative estimate of drug-likeness (QED) is 0.869. The molecule has 0 spiro atoms. The van der Waals surface area contributed by atoms with E-state index in [9.17, 15) is 9.90 Å². The van der Waals surface area contributed by atoms with E-state index in [0.717, 1.165) is 37.7 Å². The van der Waals surface area contributed by atoms with Gasteiger partial charge in [0.2, 0.25) is 0 Å². The van der Waals surface area contributed by atoms with E-state index in [0.29, 0.717) is 0 Å². The summed E-state index contributed by atoms with van der Waals surface area (Å²) < 4.78 is 0. The molecule has 0 radical (unpaired) electrons. The molecule has 0 heterocycles. The largest absolute Gasteiger partial charge is 0.481 e. The van der Waals surface area contributed by atoms with Crippen LogP contribution in [0.15, 0.2) is 48.5 Å². The van der Waals surface area contributed by atoms with Gasteiger partial charge in [-0.25, -0.2) is 0 Å². The summed E-state index contributed by atoms with van der Waals surface area (Å²) >= 11 is 0. The van der Waals surface area contributed by atoms with Crippen molar-refractivity contribution in [2.75, 3.05) is 0 Å². The minimum absolute atomic E-state index is 0.603. The van der Waals surface area contributed by atoms with Crippen molar-refractivity contribution in [2.24, 2.45) is 0 Å². The topological polar surface area (TPSA) is 37.3 Å². The molecule has 0 saturated heterocycles. The van der Waals surface area contributed by atoms with Gasteiger partial charge in [-0.3, -0.25) is 4.79 Å². The fraction of sp³-hybridized carbons (Fsp3) is 0.350. The maximum atomic E-state index is 11.5. The number of hydrogen-bond donors (Lipinski definition) is 1. The van der Waals surface area contributed by atoms with Crippen LogP contribution in [0.4, 0.5) is 0 Å². The fourth-order valence-electron chi connectivity index (χ4n) is 3.18. The van der Waals surface area contributed by atoms with E-state index < -0.39 is 11.4 Å². The summed E-state index contributed by atoms with van der Waals surface area (Å²) in [5.41, 5.74) is 4.35. The van der Waals surface area contributed by atoms with Crippen LogP contribution in [-0.2, 0) is 29.5 Å². The zero-order chi connectivity index (χ0) is 15.6. The summed E-state index contributed by atoms with van der Waals surface area (Å²) in [6.07, 6.45) is 4.50. The van der Waals surface area contributed by atoms with Gasteiger partial charge in [-0.1, -0.05) is 55.5 Å². The fourth-order valence-corrected chi connectivity index (χ4v) is 3.18. The molecule has 2 heteroatoms. The van der Waals surface area contributed by atoms with Crippen LogP contribution in [0.3, 0.4) is 0 Å². The van der Waals surface area contributed by atoms with E-state index in [4.69, 9.17) is 0 Å². The third-order valence-electron chi connectivity index (χ3n) is 4.82. The van der Waals surface area contributed by atoms with Crippen molar-refractivity contribution in [1.82, 2.24) is 0 Å².